The lowest BCUT2D eigenvalue weighted by Crippen LogP contribution is -2.52. The highest BCUT2D eigenvalue weighted by Crippen LogP contribution is 2.26. The number of hydrogen-bond acceptors (Lipinski definition) is 5. The molecule has 0 fully saturated rings. The lowest BCUT2D eigenvalue weighted by molar-refractivity contribution is -0.139. The predicted molar refractivity (Wildman–Crippen MR) is 153 cm³/mol. The third-order valence-corrected chi connectivity index (χ3v) is 7.87. The van der Waals surface area contributed by atoms with Gasteiger partial charge in [0.15, 0.2) is 0 Å². The number of carbonyl (C=O) groups is 2. The molecule has 0 saturated carbocycles. The molecule has 1 atom stereocenters. The fourth-order valence-corrected chi connectivity index (χ4v) is 5.55. The minimum absolute atomic E-state index is 0.0579. The molecule has 9 heteroatoms. The van der Waals surface area contributed by atoms with E-state index in [1.165, 1.54) is 17.0 Å². The number of sulfonamides is 1. The molecule has 8 nitrogen and oxygen atoms in total. The molecule has 0 aliphatic rings. The number of anilines is 1. The number of ether oxygens (including phenoxy) is 1. The first-order valence-corrected chi connectivity index (χ1v) is 14.4. The lowest BCUT2D eigenvalue weighted by Gasteiger charge is -2.32. The molecular weight excluding hydrogens is 514 g/mol. The van der Waals surface area contributed by atoms with Gasteiger partial charge in [0.25, 0.3) is 10.0 Å². The highest BCUT2D eigenvalue weighted by Gasteiger charge is 2.32. The SMILES string of the molecule is CCOc1ccc(N(CC(=O)N(Cc2cccc(C)c2)C(C)C(=O)NC(C)C)S(=O)(=O)c2ccccc2)cc1. The van der Waals surface area contributed by atoms with Crippen LogP contribution in [0.25, 0.3) is 0 Å². The number of aryl methyl sites for hydroxylation is 1. The Hall–Kier alpha value is -3.85. The average molecular weight is 552 g/mol. The van der Waals surface area contributed by atoms with Gasteiger partial charge in [-0.15, -0.1) is 0 Å². The molecule has 208 valence electrons. The van der Waals surface area contributed by atoms with Crippen molar-refractivity contribution in [2.45, 2.75) is 58.1 Å². The van der Waals surface area contributed by atoms with E-state index in [-0.39, 0.29) is 23.4 Å². The van der Waals surface area contributed by atoms with E-state index in [2.05, 4.69) is 5.32 Å². The second kappa shape index (κ2) is 13.3. The van der Waals surface area contributed by atoms with Gasteiger partial charge in [-0.2, -0.15) is 0 Å². The molecule has 1 unspecified atom stereocenters. The summed E-state index contributed by atoms with van der Waals surface area (Å²) in [5, 5.41) is 2.86. The summed E-state index contributed by atoms with van der Waals surface area (Å²) >= 11 is 0. The summed E-state index contributed by atoms with van der Waals surface area (Å²) in [6.45, 7) is 9.27. The summed E-state index contributed by atoms with van der Waals surface area (Å²) in [6, 6.07) is 21.2. The van der Waals surface area contributed by atoms with Crippen LogP contribution in [0.4, 0.5) is 5.69 Å². The van der Waals surface area contributed by atoms with E-state index in [1.54, 1.807) is 49.4 Å². The van der Waals surface area contributed by atoms with Gasteiger partial charge < -0.3 is 15.0 Å². The van der Waals surface area contributed by atoms with Crippen LogP contribution in [-0.4, -0.2) is 50.4 Å². The topological polar surface area (TPSA) is 96.0 Å². The Bertz CT molecular complexity index is 1360. The quantitative estimate of drug-likeness (QED) is 0.357. The molecule has 39 heavy (non-hydrogen) atoms. The second-order valence-corrected chi connectivity index (χ2v) is 11.5. The fraction of sp³-hybridized carbons (Fsp3) is 0.333. The van der Waals surface area contributed by atoms with Crippen molar-refractivity contribution in [2.75, 3.05) is 17.5 Å². The minimum atomic E-state index is -4.11. The largest absolute Gasteiger partial charge is 0.494 e. The van der Waals surface area contributed by atoms with E-state index in [0.717, 1.165) is 15.4 Å². The van der Waals surface area contributed by atoms with Crippen molar-refractivity contribution in [1.82, 2.24) is 10.2 Å². The van der Waals surface area contributed by atoms with Gasteiger partial charge in [0, 0.05) is 12.6 Å². The highest BCUT2D eigenvalue weighted by molar-refractivity contribution is 7.92. The van der Waals surface area contributed by atoms with Crippen molar-refractivity contribution >= 4 is 27.5 Å². The lowest BCUT2D eigenvalue weighted by atomic mass is 10.1. The zero-order valence-electron chi connectivity index (χ0n) is 23.1. The third kappa shape index (κ3) is 7.83. The van der Waals surface area contributed by atoms with Gasteiger partial charge >= 0.3 is 0 Å². The van der Waals surface area contributed by atoms with Gasteiger partial charge in [-0.1, -0.05) is 48.0 Å². The van der Waals surface area contributed by atoms with Crippen molar-refractivity contribution in [3.63, 3.8) is 0 Å². The Kier molecular flexibility index (Phi) is 10.1. The molecule has 0 aliphatic carbocycles. The zero-order valence-corrected chi connectivity index (χ0v) is 23.9. The number of benzene rings is 3. The normalized spacial score (nSPS) is 12.1. The molecule has 0 saturated heterocycles. The van der Waals surface area contributed by atoms with Crippen LogP contribution in [0, 0.1) is 6.92 Å². The molecule has 0 aromatic heterocycles. The van der Waals surface area contributed by atoms with Gasteiger partial charge in [0.05, 0.1) is 17.2 Å². The van der Waals surface area contributed by atoms with Gasteiger partial charge in [-0.05, 0) is 76.6 Å². The van der Waals surface area contributed by atoms with Crippen LogP contribution in [0.5, 0.6) is 5.75 Å². The molecule has 0 bridgehead atoms. The summed E-state index contributed by atoms with van der Waals surface area (Å²) in [6.07, 6.45) is 0. The Morgan fingerprint density at radius 3 is 2.18 bits per heavy atom. The van der Waals surface area contributed by atoms with E-state index in [4.69, 9.17) is 4.74 Å². The van der Waals surface area contributed by atoms with Gasteiger partial charge in [0.1, 0.15) is 18.3 Å². The molecule has 3 aromatic rings. The standard InChI is InChI=1S/C30H37N3O5S/c1-6-38-27-17-15-26(16-18-27)33(39(36,37)28-13-8-7-9-14-28)21-29(34)32(24(5)30(35)31-22(2)3)20-25-12-10-11-23(4)19-25/h7-19,22,24H,6,20-21H2,1-5H3,(H,31,35). The van der Waals surface area contributed by atoms with Crippen LogP contribution in [-0.2, 0) is 26.2 Å². The Morgan fingerprint density at radius 2 is 1.59 bits per heavy atom. The number of nitrogens with zero attached hydrogens (tertiary/aromatic N) is 2. The summed E-state index contributed by atoms with van der Waals surface area (Å²) < 4.78 is 34.2. The summed E-state index contributed by atoms with van der Waals surface area (Å²) in [5.74, 6) is -0.231. The van der Waals surface area contributed by atoms with Crippen molar-refractivity contribution in [2.24, 2.45) is 0 Å². The summed E-state index contributed by atoms with van der Waals surface area (Å²) in [7, 11) is -4.11. The first kappa shape index (κ1) is 29.7. The molecule has 0 spiro atoms. The average Bonchev–Trinajstić information content (AvgIpc) is 2.90. The van der Waals surface area contributed by atoms with Crippen LogP contribution < -0.4 is 14.4 Å². The summed E-state index contributed by atoms with van der Waals surface area (Å²) in [4.78, 5) is 28.4. The Morgan fingerprint density at radius 1 is 0.923 bits per heavy atom. The molecule has 2 amide bonds. The minimum Gasteiger partial charge on any atom is -0.494 e. The number of carbonyl (C=O) groups excluding carboxylic acids is 2. The Balaban J connectivity index is 2.02. The molecular formula is C30H37N3O5S. The maximum absolute atomic E-state index is 13.9. The van der Waals surface area contributed by atoms with Crippen molar-refractivity contribution in [1.29, 1.82) is 0 Å². The molecule has 0 aliphatic heterocycles. The maximum Gasteiger partial charge on any atom is 0.264 e. The van der Waals surface area contributed by atoms with Crippen LogP contribution >= 0.6 is 0 Å². The van der Waals surface area contributed by atoms with Gasteiger partial charge in [0.2, 0.25) is 11.8 Å². The maximum atomic E-state index is 13.9. The van der Waals surface area contributed by atoms with Gasteiger partial charge in [-0.25, -0.2) is 8.42 Å². The number of amides is 2. The van der Waals surface area contributed by atoms with Gasteiger partial charge in [-0.3, -0.25) is 13.9 Å². The van der Waals surface area contributed by atoms with E-state index in [1.807, 2.05) is 52.0 Å². The predicted octanol–water partition coefficient (Wildman–Crippen LogP) is 4.53. The first-order valence-electron chi connectivity index (χ1n) is 13.0. The van der Waals surface area contributed by atoms with Crippen molar-refractivity contribution < 1.29 is 22.7 Å². The number of nitrogens with one attached hydrogen (secondary N) is 1. The monoisotopic (exact) mass is 551 g/mol. The van der Waals surface area contributed by atoms with E-state index >= 15 is 0 Å². The Labute approximate surface area is 231 Å². The van der Waals surface area contributed by atoms with Crippen LogP contribution in [0.3, 0.4) is 0 Å². The highest BCUT2D eigenvalue weighted by atomic mass is 32.2. The fourth-order valence-electron chi connectivity index (χ4n) is 4.12. The molecule has 3 aromatic carbocycles. The van der Waals surface area contributed by atoms with Crippen LogP contribution in [0.2, 0.25) is 0 Å². The number of hydrogen-bond donors (Lipinski definition) is 1. The van der Waals surface area contributed by atoms with E-state index in [9.17, 15) is 18.0 Å². The first-order chi connectivity index (χ1) is 18.5. The molecule has 3 rings (SSSR count). The second-order valence-electron chi connectivity index (χ2n) is 9.60. The van der Waals surface area contributed by atoms with Crippen molar-refractivity contribution in [3.05, 3.63) is 90.0 Å². The smallest absolute Gasteiger partial charge is 0.264 e. The zero-order chi connectivity index (χ0) is 28.6. The molecule has 1 N–H and O–H groups in total. The van der Waals surface area contributed by atoms with E-state index in [0.29, 0.717) is 18.0 Å². The number of rotatable bonds is 12. The molecule has 0 heterocycles. The van der Waals surface area contributed by atoms with Crippen LogP contribution in [0.15, 0.2) is 83.8 Å². The van der Waals surface area contributed by atoms with E-state index < -0.39 is 28.5 Å². The third-order valence-electron chi connectivity index (χ3n) is 6.08. The molecule has 0 radical (unpaired) electrons. The van der Waals surface area contributed by atoms with Crippen molar-refractivity contribution in [3.8, 4) is 5.75 Å². The summed E-state index contributed by atoms with van der Waals surface area (Å²) in [5.41, 5.74) is 2.17. The van der Waals surface area contributed by atoms with Crippen LogP contribution in [0.1, 0.15) is 38.8 Å².